The van der Waals surface area contributed by atoms with Crippen molar-refractivity contribution in [2.75, 3.05) is 19.6 Å². The molecule has 1 heterocycles. The number of nitrogens with zero attached hydrogens (tertiary/aromatic N) is 1. The van der Waals surface area contributed by atoms with Crippen LogP contribution in [0.15, 0.2) is 11.6 Å². The lowest BCUT2D eigenvalue weighted by Gasteiger charge is -2.16. The van der Waals surface area contributed by atoms with Crippen molar-refractivity contribution in [3.63, 3.8) is 0 Å². The molecule has 1 fully saturated rings. The zero-order valence-electron chi connectivity index (χ0n) is 10.8. The molecule has 0 bridgehead atoms. The maximum Gasteiger partial charge on any atom is 0.00187 e. The maximum atomic E-state index is 2.65. The van der Waals surface area contributed by atoms with Crippen molar-refractivity contribution in [1.29, 1.82) is 0 Å². The van der Waals surface area contributed by atoms with Crippen LogP contribution in [0.5, 0.6) is 0 Å². The summed E-state index contributed by atoms with van der Waals surface area (Å²) in [7, 11) is 0. The molecular formula is C14H27N. The van der Waals surface area contributed by atoms with Crippen molar-refractivity contribution in [2.45, 2.75) is 52.9 Å². The monoisotopic (exact) mass is 209 g/mol. The molecule has 1 aliphatic heterocycles. The lowest BCUT2D eigenvalue weighted by atomic mass is 10.1. The minimum Gasteiger partial charge on any atom is -0.303 e. The van der Waals surface area contributed by atoms with Crippen LogP contribution in [0.4, 0.5) is 0 Å². The molecule has 0 amide bonds. The number of likely N-dealkylation sites (tertiary alicyclic amines) is 1. The van der Waals surface area contributed by atoms with E-state index >= 15 is 0 Å². The lowest BCUT2D eigenvalue weighted by molar-refractivity contribution is 0.325. The van der Waals surface area contributed by atoms with Crippen LogP contribution in [0.3, 0.4) is 0 Å². The summed E-state index contributed by atoms with van der Waals surface area (Å²) in [5, 5.41) is 0. The van der Waals surface area contributed by atoms with Gasteiger partial charge in [-0.2, -0.15) is 0 Å². The zero-order valence-corrected chi connectivity index (χ0v) is 10.8. The average molecular weight is 209 g/mol. The summed E-state index contributed by atoms with van der Waals surface area (Å²) < 4.78 is 0. The predicted molar refractivity (Wildman–Crippen MR) is 68.1 cm³/mol. The van der Waals surface area contributed by atoms with Crippen LogP contribution in [-0.4, -0.2) is 24.5 Å². The first-order valence-corrected chi connectivity index (χ1v) is 6.70. The van der Waals surface area contributed by atoms with Gasteiger partial charge in [0.25, 0.3) is 0 Å². The second-order valence-electron chi connectivity index (χ2n) is 4.74. The smallest absolute Gasteiger partial charge is 0.00187 e. The largest absolute Gasteiger partial charge is 0.303 e. The van der Waals surface area contributed by atoms with Gasteiger partial charge in [0.2, 0.25) is 0 Å². The fraction of sp³-hybridized carbons (Fsp3) is 0.857. The molecule has 1 atom stereocenters. The Morgan fingerprint density at radius 2 is 2.13 bits per heavy atom. The first kappa shape index (κ1) is 12.8. The van der Waals surface area contributed by atoms with Crippen molar-refractivity contribution < 1.29 is 0 Å². The van der Waals surface area contributed by atoms with Gasteiger partial charge in [0.05, 0.1) is 0 Å². The van der Waals surface area contributed by atoms with E-state index in [0.717, 1.165) is 5.92 Å². The van der Waals surface area contributed by atoms with Crippen LogP contribution < -0.4 is 0 Å². The molecule has 88 valence electrons. The molecule has 0 radical (unpaired) electrons. The van der Waals surface area contributed by atoms with E-state index in [1.54, 1.807) is 5.57 Å². The lowest BCUT2D eigenvalue weighted by Crippen LogP contribution is -2.22. The molecule has 1 nitrogen and oxygen atoms in total. The maximum absolute atomic E-state index is 2.65. The Kier molecular flexibility index (Phi) is 6.00. The highest BCUT2D eigenvalue weighted by atomic mass is 15.1. The van der Waals surface area contributed by atoms with Crippen molar-refractivity contribution in [3.05, 3.63) is 11.6 Å². The van der Waals surface area contributed by atoms with E-state index in [1.165, 1.54) is 51.7 Å². The minimum atomic E-state index is 0.977. The van der Waals surface area contributed by atoms with Crippen LogP contribution >= 0.6 is 0 Å². The van der Waals surface area contributed by atoms with Crippen molar-refractivity contribution >= 4 is 0 Å². The molecule has 1 rings (SSSR count). The van der Waals surface area contributed by atoms with Crippen LogP contribution in [-0.2, 0) is 0 Å². The molecule has 0 aromatic rings. The zero-order chi connectivity index (χ0) is 11.1. The fourth-order valence-corrected chi connectivity index (χ4v) is 2.46. The molecule has 0 spiro atoms. The standard InChI is InChI=1S/C14H27N/c1-4-7-13(5-2)8-10-15-11-9-14(6-3)12-15/h7,14H,4-6,8-12H2,1-3H3/b13-7+. The van der Waals surface area contributed by atoms with Gasteiger partial charge in [-0.25, -0.2) is 0 Å². The molecular weight excluding hydrogens is 182 g/mol. The molecule has 1 saturated heterocycles. The summed E-state index contributed by atoms with van der Waals surface area (Å²) in [4.78, 5) is 2.65. The quantitative estimate of drug-likeness (QED) is 0.601. The number of hydrogen-bond donors (Lipinski definition) is 0. The second-order valence-corrected chi connectivity index (χ2v) is 4.74. The SMILES string of the molecule is CC/C=C(\CC)CCN1CCC(CC)C1. The second kappa shape index (κ2) is 7.05. The fourth-order valence-electron chi connectivity index (χ4n) is 2.46. The molecule has 1 unspecified atom stereocenters. The van der Waals surface area contributed by atoms with Crippen molar-refractivity contribution in [3.8, 4) is 0 Å². The first-order chi connectivity index (χ1) is 7.30. The third-order valence-electron chi connectivity index (χ3n) is 3.64. The van der Waals surface area contributed by atoms with E-state index in [9.17, 15) is 0 Å². The first-order valence-electron chi connectivity index (χ1n) is 6.70. The highest BCUT2D eigenvalue weighted by Crippen LogP contribution is 2.20. The average Bonchev–Trinajstić information content (AvgIpc) is 2.72. The Hall–Kier alpha value is -0.300. The van der Waals surface area contributed by atoms with E-state index in [4.69, 9.17) is 0 Å². The Morgan fingerprint density at radius 3 is 2.67 bits per heavy atom. The number of allylic oxidation sites excluding steroid dienone is 1. The Bertz CT molecular complexity index is 196. The molecule has 0 aliphatic carbocycles. The van der Waals surface area contributed by atoms with Gasteiger partial charge >= 0.3 is 0 Å². The molecule has 0 aromatic carbocycles. The van der Waals surface area contributed by atoms with Crippen molar-refractivity contribution in [2.24, 2.45) is 5.92 Å². The van der Waals surface area contributed by atoms with E-state index in [2.05, 4.69) is 31.7 Å². The van der Waals surface area contributed by atoms with Gasteiger partial charge < -0.3 is 4.90 Å². The van der Waals surface area contributed by atoms with Gasteiger partial charge in [-0.05, 0) is 38.1 Å². The molecule has 1 aliphatic rings. The van der Waals surface area contributed by atoms with Crippen LogP contribution in [0.1, 0.15) is 52.9 Å². The highest BCUT2D eigenvalue weighted by molar-refractivity contribution is 5.01. The number of hydrogen-bond acceptors (Lipinski definition) is 1. The van der Waals surface area contributed by atoms with E-state index in [-0.39, 0.29) is 0 Å². The summed E-state index contributed by atoms with van der Waals surface area (Å²) in [6.45, 7) is 10.8. The molecule has 1 heteroatoms. The molecule has 0 saturated carbocycles. The minimum absolute atomic E-state index is 0.977. The summed E-state index contributed by atoms with van der Waals surface area (Å²) in [5.74, 6) is 0.977. The Labute approximate surface area is 95.5 Å². The summed E-state index contributed by atoms with van der Waals surface area (Å²) >= 11 is 0. The Morgan fingerprint density at radius 1 is 1.33 bits per heavy atom. The van der Waals surface area contributed by atoms with E-state index < -0.39 is 0 Å². The van der Waals surface area contributed by atoms with Gasteiger partial charge in [0, 0.05) is 13.1 Å². The normalized spacial score (nSPS) is 23.7. The number of rotatable bonds is 6. The van der Waals surface area contributed by atoms with Gasteiger partial charge in [0.1, 0.15) is 0 Å². The molecule has 0 N–H and O–H groups in total. The Balaban J connectivity index is 2.22. The van der Waals surface area contributed by atoms with Gasteiger partial charge in [-0.1, -0.05) is 38.8 Å². The highest BCUT2D eigenvalue weighted by Gasteiger charge is 2.20. The van der Waals surface area contributed by atoms with Gasteiger partial charge in [0.15, 0.2) is 0 Å². The van der Waals surface area contributed by atoms with E-state index in [0.29, 0.717) is 0 Å². The third kappa shape index (κ3) is 4.38. The van der Waals surface area contributed by atoms with E-state index in [1.807, 2.05) is 0 Å². The van der Waals surface area contributed by atoms with Crippen molar-refractivity contribution in [1.82, 2.24) is 4.90 Å². The summed E-state index contributed by atoms with van der Waals surface area (Å²) in [6.07, 6.45) is 8.92. The van der Waals surface area contributed by atoms with Crippen LogP contribution in [0.2, 0.25) is 0 Å². The van der Waals surface area contributed by atoms with Crippen LogP contribution in [0.25, 0.3) is 0 Å². The summed E-state index contributed by atoms with van der Waals surface area (Å²) in [5.41, 5.74) is 1.65. The topological polar surface area (TPSA) is 3.24 Å². The van der Waals surface area contributed by atoms with Gasteiger partial charge in [-0.15, -0.1) is 0 Å². The predicted octanol–water partition coefficient (Wildman–Crippen LogP) is 3.85. The third-order valence-corrected chi connectivity index (χ3v) is 3.64. The van der Waals surface area contributed by atoms with Crippen LogP contribution in [0, 0.1) is 5.92 Å². The molecule has 0 aromatic heterocycles. The molecule has 15 heavy (non-hydrogen) atoms. The summed E-state index contributed by atoms with van der Waals surface area (Å²) in [6, 6.07) is 0. The van der Waals surface area contributed by atoms with Gasteiger partial charge in [-0.3, -0.25) is 0 Å².